The van der Waals surface area contributed by atoms with E-state index in [1.54, 1.807) is 0 Å². The van der Waals surface area contributed by atoms with Gasteiger partial charge in [0.2, 0.25) is 0 Å². The van der Waals surface area contributed by atoms with Gasteiger partial charge < -0.3 is 15.6 Å². The molecule has 0 saturated carbocycles. The zero-order chi connectivity index (χ0) is 14.6. The highest BCUT2D eigenvalue weighted by Crippen LogP contribution is 2.31. The van der Waals surface area contributed by atoms with Crippen molar-refractivity contribution in [2.75, 3.05) is 12.3 Å². The third-order valence-corrected chi connectivity index (χ3v) is 2.78. The van der Waals surface area contributed by atoms with Crippen molar-refractivity contribution in [1.29, 1.82) is 0 Å². The molecular weight excluding hydrogens is 252 g/mol. The molecule has 0 aliphatic carbocycles. The number of nitrogens with two attached hydrogens (primary N) is 1. The molecule has 0 saturated heterocycles. The van der Waals surface area contributed by atoms with Crippen molar-refractivity contribution in [3.8, 4) is 5.75 Å². The topological polar surface area (TPSA) is 116 Å². The number of hydrogen-bond acceptors (Lipinski definition) is 5. The number of anilines is 1. The first-order chi connectivity index (χ1) is 8.86. The lowest BCUT2D eigenvalue weighted by atomic mass is 10.1. The van der Waals surface area contributed by atoms with Crippen molar-refractivity contribution in [2.45, 2.75) is 20.3 Å². The van der Waals surface area contributed by atoms with E-state index < -0.39 is 22.1 Å². The zero-order valence-corrected chi connectivity index (χ0v) is 10.8. The number of hydrogen-bond donors (Lipinski definition) is 2. The number of rotatable bonds is 6. The second kappa shape index (κ2) is 6.03. The lowest BCUT2D eigenvalue weighted by Gasteiger charge is -2.13. The van der Waals surface area contributed by atoms with Crippen LogP contribution in [0.2, 0.25) is 0 Å². The molecule has 1 aromatic rings. The predicted octanol–water partition coefficient (Wildman–Crippen LogP) is 2.30. The summed E-state index contributed by atoms with van der Waals surface area (Å²) >= 11 is 0. The third kappa shape index (κ3) is 3.57. The molecule has 0 bridgehead atoms. The zero-order valence-electron chi connectivity index (χ0n) is 10.8. The van der Waals surface area contributed by atoms with E-state index >= 15 is 0 Å². The van der Waals surface area contributed by atoms with Crippen LogP contribution in [0.25, 0.3) is 0 Å². The number of nitrogens with zero attached hydrogens (tertiary/aromatic N) is 1. The number of benzene rings is 1. The second-order valence-corrected chi connectivity index (χ2v) is 4.29. The maximum Gasteiger partial charge on any atom is 0.342 e. The number of aromatic carboxylic acids is 1. The molecule has 0 aliphatic rings. The summed E-state index contributed by atoms with van der Waals surface area (Å²) in [4.78, 5) is 21.0. The van der Waals surface area contributed by atoms with E-state index in [0.717, 1.165) is 18.6 Å². The summed E-state index contributed by atoms with van der Waals surface area (Å²) in [6, 6.07) is 2.10. The Hall–Kier alpha value is -2.31. The summed E-state index contributed by atoms with van der Waals surface area (Å²) in [5, 5.41) is 19.7. The van der Waals surface area contributed by atoms with E-state index in [0.29, 0.717) is 6.61 Å². The standard InChI is InChI=1S/C12H16N2O5/c1-3-7(2)6-19-11-5-10(14(17)18)8(12(15)16)4-9(11)13/h4-5,7H,3,6,13H2,1-2H3,(H,15,16). The molecule has 1 rings (SSSR count). The fourth-order valence-electron chi connectivity index (χ4n) is 1.38. The highest BCUT2D eigenvalue weighted by molar-refractivity contribution is 5.94. The molecule has 3 N–H and O–H groups in total. The van der Waals surface area contributed by atoms with Crippen LogP contribution in [0.4, 0.5) is 11.4 Å². The molecule has 0 spiro atoms. The molecule has 104 valence electrons. The van der Waals surface area contributed by atoms with Crippen LogP contribution in [0.3, 0.4) is 0 Å². The van der Waals surface area contributed by atoms with E-state index in [9.17, 15) is 14.9 Å². The third-order valence-electron chi connectivity index (χ3n) is 2.78. The van der Waals surface area contributed by atoms with Crippen molar-refractivity contribution in [2.24, 2.45) is 5.92 Å². The lowest BCUT2D eigenvalue weighted by molar-refractivity contribution is -0.385. The summed E-state index contributed by atoms with van der Waals surface area (Å²) in [6.07, 6.45) is 0.898. The van der Waals surface area contributed by atoms with Crippen molar-refractivity contribution in [3.63, 3.8) is 0 Å². The first-order valence-electron chi connectivity index (χ1n) is 5.80. The van der Waals surface area contributed by atoms with Gasteiger partial charge in [-0.05, 0) is 12.0 Å². The van der Waals surface area contributed by atoms with Crippen LogP contribution in [-0.4, -0.2) is 22.6 Å². The fourth-order valence-corrected chi connectivity index (χ4v) is 1.38. The van der Waals surface area contributed by atoms with Crippen LogP contribution < -0.4 is 10.5 Å². The molecule has 1 atom stereocenters. The molecule has 0 radical (unpaired) electrons. The number of carboxylic acid groups (broad SMARTS) is 1. The Bertz CT molecular complexity index is 501. The van der Waals surface area contributed by atoms with Crippen molar-refractivity contribution in [3.05, 3.63) is 27.8 Å². The van der Waals surface area contributed by atoms with Gasteiger partial charge in [-0.15, -0.1) is 0 Å². The second-order valence-electron chi connectivity index (χ2n) is 4.29. The van der Waals surface area contributed by atoms with Crippen LogP contribution in [-0.2, 0) is 0 Å². The predicted molar refractivity (Wildman–Crippen MR) is 69.4 cm³/mol. The summed E-state index contributed by atoms with van der Waals surface area (Å²) in [7, 11) is 0. The van der Waals surface area contributed by atoms with E-state index in [2.05, 4.69) is 0 Å². The average molecular weight is 268 g/mol. The minimum Gasteiger partial charge on any atom is -0.491 e. The molecule has 7 heteroatoms. The first-order valence-corrected chi connectivity index (χ1v) is 5.80. The van der Waals surface area contributed by atoms with Crippen LogP contribution in [0.15, 0.2) is 12.1 Å². The highest BCUT2D eigenvalue weighted by atomic mass is 16.6. The van der Waals surface area contributed by atoms with Gasteiger partial charge >= 0.3 is 5.97 Å². The maximum absolute atomic E-state index is 10.9. The van der Waals surface area contributed by atoms with Gasteiger partial charge in [-0.2, -0.15) is 0 Å². The largest absolute Gasteiger partial charge is 0.491 e. The Morgan fingerprint density at radius 3 is 2.68 bits per heavy atom. The number of nitro benzene ring substituents is 1. The molecule has 1 aromatic carbocycles. The summed E-state index contributed by atoms with van der Waals surface area (Å²) < 4.78 is 5.39. The highest BCUT2D eigenvalue weighted by Gasteiger charge is 2.23. The normalized spacial score (nSPS) is 11.9. The molecule has 0 fully saturated rings. The van der Waals surface area contributed by atoms with E-state index in [1.807, 2.05) is 13.8 Å². The monoisotopic (exact) mass is 268 g/mol. The Labute approximate surface area is 110 Å². The minimum atomic E-state index is -1.40. The van der Waals surface area contributed by atoms with Crippen LogP contribution in [0.1, 0.15) is 30.6 Å². The Morgan fingerprint density at radius 1 is 1.58 bits per heavy atom. The minimum absolute atomic E-state index is 0.0753. The van der Waals surface area contributed by atoms with Crippen LogP contribution in [0.5, 0.6) is 5.75 Å². The number of carboxylic acids is 1. The number of ether oxygens (including phenoxy) is 1. The molecular formula is C12H16N2O5. The Morgan fingerprint density at radius 2 is 2.21 bits per heavy atom. The summed E-state index contributed by atoms with van der Waals surface area (Å²) in [5.74, 6) is -0.985. The molecule has 0 aromatic heterocycles. The molecule has 1 unspecified atom stereocenters. The van der Waals surface area contributed by atoms with Crippen molar-refractivity contribution >= 4 is 17.3 Å². The van der Waals surface area contributed by atoms with E-state index in [4.69, 9.17) is 15.6 Å². The first kappa shape index (κ1) is 14.7. The Balaban J connectivity index is 3.10. The molecule has 19 heavy (non-hydrogen) atoms. The van der Waals surface area contributed by atoms with Crippen LogP contribution in [0, 0.1) is 16.0 Å². The van der Waals surface area contributed by atoms with Crippen LogP contribution >= 0.6 is 0 Å². The number of nitrogen functional groups attached to an aromatic ring is 1. The maximum atomic E-state index is 10.9. The molecule has 0 heterocycles. The molecule has 0 aliphatic heterocycles. The molecule has 7 nitrogen and oxygen atoms in total. The number of carbonyl (C=O) groups is 1. The van der Waals surface area contributed by atoms with Gasteiger partial charge in [0.05, 0.1) is 23.3 Å². The van der Waals surface area contributed by atoms with Crippen molar-refractivity contribution < 1.29 is 19.6 Å². The lowest BCUT2D eigenvalue weighted by Crippen LogP contribution is -2.10. The van der Waals surface area contributed by atoms with Gasteiger partial charge in [-0.25, -0.2) is 4.79 Å². The smallest absolute Gasteiger partial charge is 0.342 e. The van der Waals surface area contributed by atoms with Gasteiger partial charge in [-0.1, -0.05) is 20.3 Å². The van der Waals surface area contributed by atoms with Gasteiger partial charge in [0.1, 0.15) is 11.3 Å². The Kier molecular flexibility index (Phi) is 4.68. The van der Waals surface area contributed by atoms with E-state index in [1.165, 1.54) is 0 Å². The van der Waals surface area contributed by atoms with Gasteiger partial charge in [0.15, 0.2) is 0 Å². The summed E-state index contributed by atoms with van der Waals surface area (Å²) in [6.45, 7) is 4.33. The fraction of sp³-hybridized carbons (Fsp3) is 0.417. The van der Waals surface area contributed by atoms with Gasteiger partial charge in [0, 0.05) is 0 Å². The molecule has 0 amide bonds. The van der Waals surface area contributed by atoms with Gasteiger partial charge in [0.25, 0.3) is 5.69 Å². The quantitative estimate of drug-likeness (QED) is 0.464. The van der Waals surface area contributed by atoms with E-state index in [-0.39, 0.29) is 17.4 Å². The average Bonchev–Trinajstić information content (AvgIpc) is 2.35. The number of nitro groups is 1. The van der Waals surface area contributed by atoms with Gasteiger partial charge in [-0.3, -0.25) is 10.1 Å². The van der Waals surface area contributed by atoms with Crippen molar-refractivity contribution in [1.82, 2.24) is 0 Å². The SMILES string of the molecule is CCC(C)COc1cc([N+](=O)[O-])c(C(=O)O)cc1N. The summed E-state index contributed by atoms with van der Waals surface area (Å²) in [5.41, 5.74) is 4.75.